The Morgan fingerprint density at radius 2 is 1.83 bits per heavy atom. The highest BCUT2D eigenvalue weighted by Gasteiger charge is 2.54. The van der Waals surface area contributed by atoms with Crippen molar-refractivity contribution in [3.8, 4) is 6.07 Å². The summed E-state index contributed by atoms with van der Waals surface area (Å²) < 4.78 is 26.7. The van der Waals surface area contributed by atoms with Gasteiger partial charge in [-0.1, -0.05) is 0 Å². The molecule has 4 nitrogen and oxygen atoms in total. The largest absolute Gasteiger partial charge is 0.333 e. The van der Waals surface area contributed by atoms with Gasteiger partial charge in [-0.2, -0.15) is 5.26 Å². The van der Waals surface area contributed by atoms with E-state index in [1.54, 1.807) is 6.07 Å². The summed E-state index contributed by atoms with van der Waals surface area (Å²) in [6, 6.07) is 5.95. The number of nitriles is 1. The van der Waals surface area contributed by atoms with E-state index in [1.807, 2.05) is 17.1 Å². The molecule has 0 saturated heterocycles. The molecule has 0 radical (unpaired) electrons. The maximum atomic E-state index is 13.5. The van der Waals surface area contributed by atoms with Crippen LogP contribution in [0.1, 0.15) is 63.5 Å². The maximum Gasteiger partial charge on any atom is 0.278 e. The SMILES string of the molecule is C[C@H]([NH2+]CC(=O)N(CCC#N)C12CC3CC(CC(C3)C1)C2)c1ccc(F)c(F)c1. The summed E-state index contributed by atoms with van der Waals surface area (Å²) in [5.41, 5.74) is 0.594. The normalized spacial score (nSPS) is 30.8. The third-order valence-corrected chi connectivity index (χ3v) is 7.44. The summed E-state index contributed by atoms with van der Waals surface area (Å²) in [7, 11) is 0. The van der Waals surface area contributed by atoms with Crippen molar-refractivity contribution in [1.82, 2.24) is 4.90 Å². The third kappa shape index (κ3) is 4.02. The van der Waals surface area contributed by atoms with Crippen LogP contribution in [0.25, 0.3) is 0 Å². The molecule has 0 unspecified atom stereocenters. The molecule has 1 aromatic carbocycles. The highest BCUT2D eigenvalue weighted by atomic mass is 19.2. The van der Waals surface area contributed by atoms with Crippen molar-refractivity contribution in [1.29, 1.82) is 5.26 Å². The van der Waals surface area contributed by atoms with Crippen molar-refractivity contribution in [3.05, 3.63) is 35.4 Å². The van der Waals surface area contributed by atoms with E-state index in [4.69, 9.17) is 5.26 Å². The molecule has 1 amide bonds. The monoisotopic (exact) mass is 402 g/mol. The van der Waals surface area contributed by atoms with Gasteiger partial charge in [0.05, 0.1) is 12.5 Å². The van der Waals surface area contributed by atoms with Gasteiger partial charge in [-0.05, 0) is 81.4 Å². The zero-order valence-electron chi connectivity index (χ0n) is 17.0. The molecule has 29 heavy (non-hydrogen) atoms. The number of carbonyl (C=O) groups excluding carboxylic acids is 1. The van der Waals surface area contributed by atoms with Crippen LogP contribution in [0.5, 0.6) is 0 Å². The van der Waals surface area contributed by atoms with Gasteiger partial charge in [0, 0.05) is 17.6 Å². The van der Waals surface area contributed by atoms with Gasteiger partial charge in [-0.3, -0.25) is 4.79 Å². The van der Waals surface area contributed by atoms with E-state index in [-0.39, 0.29) is 24.0 Å². The summed E-state index contributed by atoms with van der Waals surface area (Å²) >= 11 is 0. The van der Waals surface area contributed by atoms with Gasteiger partial charge in [0.2, 0.25) is 0 Å². The Bertz CT molecular complexity index is 784. The van der Waals surface area contributed by atoms with Crippen molar-refractivity contribution < 1.29 is 18.9 Å². The summed E-state index contributed by atoms with van der Waals surface area (Å²) in [4.78, 5) is 15.3. The Hall–Kier alpha value is -2.00. The molecule has 6 heteroatoms. The van der Waals surface area contributed by atoms with E-state index in [2.05, 4.69) is 6.07 Å². The van der Waals surface area contributed by atoms with Crippen molar-refractivity contribution in [2.75, 3.05) is 13.1 Å². The fourth-order valence-corrected chi connectivity index (χ4v) is 6.50. The van der Waals surface area contributed by atoms with Crippen molar-refractivity contribution in [2.45, 2.75) is 63.5 Å². The smallest absolute Gasteiger partial charge is 0.278 e. The lowest BCUT2D eigenvalue weighted by Crippen LogP contribution is -2.87. The minimum absolute atomic E-state index is 0.0663. The number of hydrogen-bond donors (Lipinski definition) is 1. The lowest BCUT2D eigenvalue weighted by molar-refractivity contribution is -0.683. The van der Waals surface area contributed by atoms with Gasteiger partial charge in [0.15, 0.2) is 18.2 Å². The second-order valence-electron chi connectivity index (χ2n) is 9.50. The standard InChI is InChI=1S/C23H29F2N3O/c1-15(19-3-4-20(24)21(25)10-19)27-14-22(29)28(6-2-5-26)23-11-16-7-17(12-23)9-18(8-16)13-23/h3-4,10,15-18,27H,2,6-9,11-14H2,1H3/p+1/t15-,16?,17?,18?,23?/m0/s1. The number of quaternary nitrogens is 1. The molecular formula is C23H30F2N3O+. The molecule has 4 aliphatic rings. The molecule has 4 aliphatic carbocycles. The van der Waals surface area contributed by atoms with E-state index < -0.39 is 11.6 Å². The quantitative estimate of drug-likeness (QED) is 0.761. The zero-order valence-corrected chi connectivity index (χ0v) is 17.0. The average Bonchev–Trinajstić information content (AvgIpc) is 2.67. The van der Waals surface area contributed by atoms with Crippen LogP contribution in [-0.4, -0.2) is 29.4 Å². The minimum Gasteiger partial charge on any atom is -0.333 e. The number of carbonyl (C=O) groups is 1. The Kier molecular flexibility index (Phi) is 5.61. The van der Waals surface area contributed by atoms with Gasteiger partial charge in [-0.15, -0.1) is 0 Å². The van der Waals surface area contributed by atoms with Gasteiger partial charge < -0.3 is 10.2 Å². The molecule has 0 aliphatic heterocycles. The van der Waals surface area contributed by atoms with Crippen LogP contribution in [0.3, 0.4) is 0 Å². The molecule has 0 spiro atoms. The first kappa shape index (κ1) is 20.3. The molecule has 0 aromatic heterocycles. The fraction of sp³-hybridized carbons (Fsp3) is 0.652. The number of rotatable bonds is 7. The van der Waals surface area contributed by atoms with E-state index in [9.17, 15) is 13.6 Å². The van der Waals surface area contributed by atoms with Gasteiger partial charge in [0.25, 0.3) is 5.91 Å². The highest BCUT2D eigenvalue weighted by molar-refractivity contribution is 5.78. The van der Waals surface area contributed by atoms with Crippen LogP contribution >= 0.6 is 0 Å². The molecule has 5 rings (SSSR count). The molecule has 4 fully saturated rings. The lowest BCUT2D eigenvalue weighted by atomic mass is 9.52. The Labute approximate surface area is 171 Å². The summed E-state index contributed by atoms with van der Waals surface area (Å²) in [6.45, 7) is 2.65. The molecule has 2 N–H and O–H groups in total. The molecule has 1 atom stereocenters. The maximum absolute atomic E-state index is 13.5. The molecule has 4 saturated carbocycles. The number of nitrogens with zero attached hydrogens (tertiary/aromatic N) is 2. The van der Waals surface area contributed by atoms with Crippen molar-refractivity contribution >= 4 is 5.91 Å². The zero-order chi connectivity index (χ0) is 20.6. The third-order valence-electron chi connectivity index (χ3n) is 7.44. The predicted molar refractivity (Wildman–Crippen MR) is 104 cm³/mol. The van der Waals surface area contributed by atoms with Gasteiger partial charge >= 0.3 is 0 Å². The summed E-state index contributed by atoms with van der Waals surface area (Å²) in [6.07, 6.45) is 7.50. The van der Waals surface area contributed by atoms with Crippen LogP contribution in [0.4, 0.5) is 8.78 Å². The topological polar surface area (TPSA) is 60.7 Å². The van der Waals surface area contributed by atoms with E-state index in [0.29, 0.717) is 18.5 Å². The molecular weight excluding hydrogens is 372 g/mol. The summed E-state index contributed by atoms with van der Waals surface area (Å²) in [5.74, 6) is 0.521. The average molecular weight is 403 g/mol. The number of halogens is 2. The van der Waals surface area contributed by atoms with Gasteiger partial charge in [-0.25, -0.2) is 8.78 Å². The van der Waals surface area contributed by atoms with Crippen molar-refractivity contribution in [2.24, 2.45) is 17.8 Å². The van der Waals surface area contributed by atoms with E-state index in [0.717, 1.165) is 43.1 Å². The molecule has 1 aromatic rings. The van der Waals surface area contributed by atoms with Crippen LogP contribution in [0.15, 0.2) is 18.2 Å². The van der Waals surface area contributed by atoms with E-state index in [1.165, 1.54) is 25.3 Å². The van der Waals surface area contributed by atoms with E-state index >= 15 is 0 Å². The molecule has 0 heterocycles. The summed E-state index contributed by atoms with van der Waals surface area (Å²) in [5, 5.41) is 11.0. The minimum atomic E-state index is -0.863. The van der Waals surface area contributed by atoms with Crippen LogP contribution in [0.2, 0.25) is 0 Å². The van der Waals surface area contributed by atoms with Crippen LogP contribution < -0.4 is 5.32 Å². The highest BCUT2D eigenvalue weighted by Crippen LogP contribution is 2.57. The van der Waals surface area contributed by atoms with Crippen LogP contribution in [-0.2, 0) is 4.79 Å². The van der Waals surface area contributed by atoms with Crippen LogP contribution in [0, 0.1) is 40.7 Å². The second kappa shape index (κ2) is 8.02. The number of benzene rings is 1. The Morgan fingerprint density at radius 1 is 1.21 bits per heavy atom. The molecule has 156 valence electrons. The second-order valence-corrected chi connectivity index (χ2v) is 9.50. The Balaban J connectivity index is 1.45. The first-order valence-electron chi connectivity index (χ1n) is 10.9. The number of nitrogens with two attached hydrogens (primary N) is 1. The predicted octanol–water partition coefficient (Wildman–Crippen LogP) is 3.30. The fourth-order valence-electron chi connectivity index (χ4n) is 6.50. The van der Waals surface area contributed by atoms with Crippen molar-refractivity contribution in [3.63, 3.8) is 0 Å². The van der Waals surface area contributed by atoms with Gasteiger partial charge in [0.1, 0.15) is 6.04 Å². The number of hydrogen-bond acceptors (Lipinski definition) is 2. The molecule has 4 bridgehead atoms. The first-order valence-corrected chi connectivity index (χ1v) is 10.9. The lowest BCUT2D eigenvalue weighted by Gasteiger charge is -2.60. The number of amides is 1. The Morgan fingerprint density at radius 3 is 2.38 bits per heavy atom. The first-order chi connectivity index (χ1) is 13.9.